The van der Waals surface area contributed by atoms with Crippen LogP contribution in [0, 0.1) is 5.92 Å². The van der Waals surface area contributed by atoms with Crippen molar-refractivity contribution < 1.29 is 0 Å². The highest BCUT2D eigenvalue weighted by atomic mass is 15.4. The van der Waals surface area contributed by atoms with E-state index in [1.165, 1.54) is 18.4 Å². The molecule has 0 atom stereocenters. The average Bonchev–Trinajstić information content (AvgIpc) is 3.18. The molecule has 0 unspecified atom stereocenters. The Bertz CT molecular complexity index is 531. The first-order valence-electron chi connectivity index (χ1n) is 7.78. The van der Waals surface area contributed by atoms with E-state index in [1.54, 1.807) is 6.33 Å². The van der Waals surface area contributed by atoms with Gasteiger partial charge in [-0.25, -0.2) is 9.67 Å². The minimum absolute atomic E-state index is 0.755. The van der Waals surface area contributed by atoms with E-state index in [1.807, 2.05) is 0 Å². The van der Waals surface area contributed by atoms with Crippen molar-refractivity contribution in [2.75, 3.05) is 13.1 Å². The fraction of sp³-hybridized carbons (Fsp3) is 0.500. The van der Waals surface area contributed by atoms with Gasteiger partial charge < -0.3 is 0 Å². The summed E-state index contributed by atoms with van der Waals surface area (Å²) in [5, 5.41) is 4.36. The van der Waals surface area contributed by atoms with Crippen LogP contribution in [-0.2, 0) is 19.4 Å². The van der Waals surface area contributed by atoms with Crippen molar-refractivity contribution in [3.05, 3.63) is 48.0 Å². The molecule has 1 aromatic heterocycles. The van der Waals surface area contributed by atoms with Gasteiger partial charge in [0.1, 0.15) is 12.2 Å². The predicted octanol–water partition coefficient (Wildman–Crippen LogP) is 1.57. The fourth-order valence-electron chi connectivity index (χ4n) is 2.81. The summed E-state index contributed by atoms with van der Waals surface area (Å²) in [6, 6.07) is 10.5. The molecule has 0 aliphatic carbocycles. The summed E-state index contributed by atoms with van der Waals surface area (Å²) in [5.41, 5.74) is 7.71. The van der Waals surface area contributed by atoms with Gasteiger partial charge in [0.25, 0.3) is 0 Å². The molecular weight excluding hydrogens is 262 g/mol. The number of benzene rings is 1. The molecule has 112 valence electrons. The largest absolute Gasteiger partial charge is 0.258 e. The van der Waals surface area contributed by atoms with Crippen LogP contribution in [-0.4, -0.2) is 27.9 Å². The molecule has 0 bridgehead atoms. The smallest absolute Gasteiger partial charge is 0.138 e. The summed E-state index contributed by atoms with van der Waals surface area (Å²) in [7, 11) is 0. The number of nitrogens with one attached hydrogen (secondary N) is 2. The maximum atomic E-state index is 4.41. The SMILES string of the molecule is c1ccc(CCn2ncnc2CCCC2CNNC2)cc1. The molecule has 0 radical (unpaired) electrons. The van der Waals surface area contributed by atoms with Gasteiger partial charge >= 0.3 is 0 Å². The first-order chi connectivity index (χ1) is 10.4. The zero-order valence-electron chi connectivity index (χ0n) is 12.3. The highest BCUT2D eigenvalue weighted by Crippen LogP contribution is 2.11. The lowest BCUT2D eigenvalue weighted by Gasteiger charge is -2.08. The number of aryl methyl sites for hydroxylation is 3. The number of nitrogens with zero attached hydrogens (tertiary/aromatic N) is 3. The Kier molecular flexibility index (Phi) is 4.97. The quantitative estimate of drug-likeness (QED) is 0.811. The summed E-state index contributed by atoms with van der Waals surface area (Å²) in [4.78, 5) is 4.41. The van der Waals surface area contributed by atoms with Crippen LogP contribution in [0.4, 0.5) is 0 Å². The van der Waals surface area contributed by atoms with E-state index in [2.05, 4.69) is 55.9 Å². The van der Waals surface area contributed by atoms with Crippen LogP contribution in [0.25, 0.3) is 0 Å². The highest BCUT2D eigenvalue weighted by Gasteiger charge is 2.14. The Labute approximate surface area is 125 Å². The molecule has 0 amide bonds. The second kappa shape index (κ2) is 7.33. The van der Waals surface area contributed by atoms with Gasteiger partial charge in [-0.05, 0) is 30.7 Å². The van der Waals surface area contributed by atoms with Gasteiger partial charge in [-0.2, -0.15) is 5.10 Å². The van der Waals surface area contributed by atoms with Crippen LogP contribution in [0.2, 0.25) is 0 Å². The molecule has 0 saturated carbocycles. The third-order valence-corrected chi connectivity index (χ3v) is 4.07. The van der Waals surface area contributed by atoms with E-state index in [9.17, 15) is 0 Å². The summed E-state index contributed by atoms with van der Waals surface area (Å²) >= 11 is 0. The van der Waals surface area contributed by atoms with E-state index < -0.39 is 0 Å². The zero-order valence-corrected chi connectivity index (χ0v) is 12.3. The second-order valence-electron chi connectivity index (χ2n) is 5.66. The molecule has 2 N–H and O–H groups in total. The van der Waals surface area contributed by atoms with Crippen molar-refractivity contribution in [2.24, 2.45) is 5.92 Å². The lowest BCUT2D eigenvalue weighted by molar-refractivity contribution is 0.508. The van der Waals surface area contributed by atoms with Crippen molar-refractivity contribution in [1.82, 2.24) is 25.6 Å². The third-order valence-electron chi connectivity index (χ3n) is 4.07. The van der Waals surface area contributed by atoms with E-state index in [0.717, 1.165) is 44.2 Å². The van der Waals surface area contributed by atoms with Crippen molar-refractivity contribution in [3.63, 3.8) is 0 Å². The lowest BCUT2D eigenvalue weighted by Crippen LogP contribution is -2.21. The first kappa shape index (κ1) is 14.2. The molecule has 2 heterocycles. The molecule has 21 heavy (non-hydrogen) atoms. The predicted molar refractivity (Wildman–Crippen MR) is 82.6 cm³/mol. The molecule has 2 aromatic rings. The molecule has 3 rings (SSSR count). The molecule has 1 saturated heterocycles. The second-order valence-corrected chi connectivity index (χ2v) is 5.66. The summed E-state index contributed by atoms with van der Waals surface area (Å²) < 4.78 is 2.05. The van der Waals surface area contributed by atoms with Crippen LogP contribution in [0.5, 0.6) is 0 Å². The number of aromatic nitrogens is 3. The molecule has 0 spiro atoms. The highest BCUT2D eigenvalue weighted by molar-refractivity contribution is 5.14. The maximum absolute atomic E-state index is 4.41. The summed E-state index contributed by atoms with van der Waals surface area (Å²) in [6.45, 7) is 3.08. The fourth-order valence-corrected chi connectivity index (χ4v) is 2.81. The average molecular weight is 285 g/mol. The van der Waals surface area contributed by atoms with E-state index >= 15 is 0 Å². The van der Waals surface area contributed by atoms with Crippen LogP contribution in [0.15, 0.2) is 36.7 Å². The molecule has 1 aliphatic heterocycles. The minimum Gasteiger partial charge on any atom is -0.258 e. The molecule has 1 fully saturated rings. The number of hydrogen-bond acceptors (Lipinski definition) is 4. The van der Waals surface area contributed by atoms with Gasteiger partial charge in [-0.3, -0.25) is 10.9 Å². The van der Waals surface area contributed by atoms with E-state index in [4.69, 9.17) is 0 Å². The molecule has 1 aromatic carbocycles. The van der Waals surface area contributed by atoms with Gasteiger partial charge in [-0.1, -0.05) is 30.3 Å². The Morgan fingerprint density at radius 2 is 1.90 bits per heavy atom. The standard InChI is InChI=1S/C16H23N5/c1-2-5-14(6-3-1)9-10-21-16(17-13-20-21)8-4-7-15-11-18-19-12-15/h1-3,5-6,13,15,18-19H,4,7-12H2. The van der Waals surface area contributed by atoms with Crippen molar-refractivity contribution >= 4 is 0 Å². The van der Waals surface area contributed by atoms with Gasteiger partial charge in [-0.15, -0.1) is 0 Å². The Balaban J connectivity index is 1.47. The number of rotatable bonds is 7. The lowest BCUT2D eigenvalue weighted by atomic mass is 10.0. The Morgan fingerprint density at radius 1 is 1.10 bits per heavy atom. The third kappa shape index (κ3) is 4.12. The van der Waals surface area contributed by atoms with Crippen LogP contribution in [0.1, 0.15) is 24.2 Å². The van der Waals surface area contributed by atoms with Gasteiger partial charge in [0.15, 0.2) is 0 Å². The van der Waals surface area contributed by atoms with Crippen LogP contribution >= 0.6 is 0 Å². The maximum Gasteiger partial charge on any atom is 0.138 e. The molecule has 5 heteroatoms. The number of hydrazine groups is 1. The topological polar surface area (TPSA) is 54.8 Å². The van der Waals surface area contributed by atoms with Crippen molar-refractivity contribution in [2.45, 2.75) is 32.2 Å². The zero-order chi connectivity index (χ0) is 14.3. The van der Waals surface area contributed by atoms with Gasteiger partial charge in [0.2, 0.25) is 0 Å². The Morgan fingerprint density at radius 3 is 2.71 bits per heavy atom. The van der Waals surface area contributed by atoms with Crippen LogP contribution in [0.3, 0.4) is 0 Å². The summed E-state index contributed by atoms with van der Waals surface area (Å²) in [5.74, 6) is 1.87. The van der Waals surface area contributed by atoms with Crippen molar-refractivity contribution in [3.8, 4) is 0 Å². The van der Waals surface area contributed by atoms with Gasteiger partial charge in [0.05, 0.1) is 0 Å². The van der Waals surface area contributed by atoms with Crippen LogP contribution < -0.4 is 10.9 Å². The van der Waals surface area contributed by atoms with Gasteiger partial charge in [0, 0.05) is 26.1 Å². The normalized spacial score (nSPS) is 15.6. The Hall–Kier alpha value is -1.72. The summed E-state index contributed by atoms with van der Waals surface area (Å²) in [6.07, 6.45) is 6.13. The monoisotopic (exact) mass is 285 g/mol. The molecular formula is C16H23N5. The van der Waals surface area contributed by atoms with E-state index in [0.29, 0.717) is 0 Å². The first-order valence-corrected chi connectivity index (χ1v) is 7.78. The molecule has 1 aliphatic rings. The minimum atomic E-state index is 0.755. The number of hydrogen-bond donors (Lipinski definition) is 2. The van der Waals surface area contributed by atoms with E-state index in [-0.39, 0.29) is 0 Å². The molecule has 5 nitrogen and oxygen atoms in total. The van der Waals surface area contributed by atoms with Crippen molar-refractivity contribution in [1.29, 1.82) is 0 Å².